The fourth-order valence-corrected chi connectivity index (χ4v) is 1.19. The van der Waals surface area contributed by atoms with E-state index >= 15 is 0 Å². The Morgan fingerprint density at radius 1 is 1.00 bits per heavy atom. The van der Waals surface area contributed by atoms with Gasteiger partial charge in [-0.2, -0.15) is 0 Å². The number of hydrogen-bond acceptors (Lipinski definition) is 0. The lowest BCUT2D eigenvalue weighted by atomic mass is 10.4. The maximum atomic E-state index is 2.08. The first-order valence-electron chi connectivity index (χ1n) is 4.76. The average molecular weight is 190 g/mol. The van der Waals surface area contributed by atoms with Crippen molar-refractivity contribution in [3.8, 4) is 0 Å². The first-order chi connectivity index (χ1) is 6.59. The first-order valence-corrected chi connectivity index (χ1v) is 4.76. The third-order valence-corrected chi connectivity index (χ3v) is 2.18. The van der Waals surface area contributed by atoms with Crippen LogP contribution in [0.25, 0.3) is 0 Å². The topological polar surface area (TPSA) is 9.86 Å². The highest BCUT2D eigenvalue weighted by Gasteiger charge is 1.82. The van der Waals surface area contributed by atoms with E-state index in [9.17, 15) is 0 Å². The third-order valence-electron chi connectivity index (χ3n) is 2.18. The van der Waals surface area contributed by atoms with E-state index < -0.39 is 0 Å². The average Bonchev–Trinajstić information content (AvgIpc) is 2.65. The molecule has 14 heavy (non-hydrogen) atoms. The molecule has 0 aliphatic heterocycles. The quantitative estimate of drug-likeness (QED) is 0.604. The van der Waals surface area contributed by atoms with Crippen LogP contribution in [0.15, 0.2) is 36.8 Å². The Morgan fingerprint density at radius 3 is 1.86 bits per heavy atom. The van der Waals surface area contributed by atoms with E-state index in [0.29, 0.717) is 0 Å². The largest absolute Gasteiger partial charge is 0.357 e. The summed E-state index contributed by atoms with van der Waals surface area (Å²) >= 11 is 0. The molecule has 0 amide bonds. The Labute approximate surface area is 85.8 Å². The highest BCUT2D eigenvalue weighted by atomic mass is 14.9. The summed E-state index contributed by atoms with van der Waals surface area (Å²) in [6.07, 6.45) is 6.16. The molecular weight excluding hydrogens is 172 g/mol. The molecule has 0 aliphatic carbocycles. The van der Waals surface area contributed by atoms with Crippen LogP contribution in [0.1, 0.15) is 11.3 Å². The fraction of sp³-hybridized carbons (Fsp3) is 0.333. The van der Waals surface area contributed by atoms with E-state index in [2.05, 4.69) is 36.7 Å². The zero-order chi connectivity index (χ0) is 10.6. The van der Waals surface area contributed by atoms with Gasteiger partial charge in [0, 0.05) is 38.4 Å². The summed E-state index contributed by atoms with van der Waals surface area (Å²) in [7, 11) is 4.06. The Hall–Kier alpha value is -1.44. The number of hydrogen-bond donors (Lipinski definition) is 0. The molecule has 0 radical (unpaired) electrons. The Kier molecular flexibility index (Phi) is 3.57. The van der Waals surface area contributed by atoms with Crippen LogP contribution >= 0.6 is 0 Å². The predicted molar refractivity (Wildman–Crippen MR) is 60.3 cm³/mol. The van der Waals surface area contributed by atoms with Crippen molar-refractivity contribution in [2.75, 3.05) is 0 Å². The molecule has 0 unspecified atom stereocenters. The summed E-state index contributed by atoms with van der Waals surface area (Å²) in [5.41, 5.74) is 2.63. The molecule has 0 spiro atoms. The van der Waals surface area contributed by atoms with Crippen LogP contribution in [-0.4, -0.2) is 9.13 Å². The second-order valence-corrected chi connectivity index (χ2v) is 3.61. The SMILES string of the molecule is Cc1cccn1C.Cc1ccn(C)c1. The predicted octanol–water partition coefficient (Wildman–Crippen LogP) is 2.67. The Bertz CT molecular complexity index is 349. The maximum absolute atomic E-state index is 2.08. The molecule has 0 N–H and O–H groups in total. The van der Waals surface area contributed by atoms with Gasteiger partial charge in [-0.05, 0) is 37.6 Å². The van der Waals surface area contributed by atoms with Gasteiger partial charge in [0.15, 0.2) is 0 Å². The monoisotopic (exact) mass is 190 g/mol. The summed E-state index contributed by atoms with van der Waals surface area (Å²) in [6.45, 7) is 4.17. The molecule has 0 fully saturated rings. The van der Waals surface area contributed by atoms with Crippen molar-refractivity contribution in [3.63, 3.8) is 0 Å². The lowest BCUT2D eigenvalue weighted by Crippen LogP contribution is -1.84. The maximum Gasteiger partial charge on any atom is 0.0140 e. The van der Waals surface area contributed by atoms with E-state index in [-0.39, 0.29) is 0 Å². The second kappa shape index (κ2) is 4.70. The van der Waals surface area contributed by atoms with E-state index in [1.54, 1.807) is 0 Å². The molecule has 0 atom stereocenters. The minimum absolute atomic E-state index is 1.31. The van der Waals surface area contributed by atoms with Crippen LogP contribution in [0, 0.1) is 13.8 Å². The Morgan fingerprint density at radius 2 is 1.71 bits per heavy atom. The molecule has 0 saturated heterocycles. The molecule has 2 heteroatoms. The van der Waals surface area contributed by atoms with Crippen molar-refractivity contribution in [1.29, 1.82) is 0 Å². The van der Waals surface area contributed by atoms with Gasteiger partial charge in [-0.1, -0.05) is 0 Å². The number of nitrogens with zero attached hydrogens (tertiary/aromatic N) is 2. The minimum Gasteiger partial charge on any atom is -0.357 e. The van der Waals surface area contributed by atoms with Crippen LogP contribution in [-0.2, 0) is 14.1 Å². The van der Waals surface area contributed by atoms with Crippen LogP contribution < -0.4 is 0 Å². The van der Waals surface area contributed by atoms with Crippen molar-refractivity contribution >= 4 is 0 Å². The summed E-state index contributed by atoms with van der Waals surface area (Å²) < 4.78 is 4.12. The highest BCUT2D eigenvalue weighted by Crippen LogP contribution is 1.94. The first kappa shape index (κ1) is 10.6. The van der Waals surface area contributed by atoms with Gasteiger partial charge in [-0.3, -0.25) is 0 Å². The van der Waals surface area contributed by atoms with Gasteiger partial charge in [-0.25, -0.2) is 0 Å². The van der Waals surface area contributed by atoms with E-state index in [1.165, 1.54) is 11.3 Å². The van der Waals surface area contributed by atoms with Crippen LogP contribution in [0.2, 0.25) is 0 Å². The molecule has 2 rings (SSSR count). The highest BCUT2D eigenvalue weighted by molar-refractivity contribution is 5.06. The number of rotatable bonds is 0. The smallest absolute Gasteiger partial charge is 0.0140 e. The standard InChI is InChI=1S/2C6H9N/c1-6-3-4-7(2)5-6;1-6-4-3-5-7(6)2/h2*3-5H,1-2H3. The van der Waals surface area contributed by atoms with Crippen LogP contribution in [0.4, 0.5) is 0 Å². The third kappa shape index (κ3) is 3.13. The van der Waals surface area contributed by atoms with Crippen molar-refractivity contribution in [2.24, 2.45) is 14.1 Å². The molecule has 0 bridgehead atoms. The minimum atomic E-state index is 1.31. The second-order valence-electron chi connectivity index (χ2n) is 3.61. The normalized spacial score (nSPS) is 9.43. The van der Waals surface area contributed by atoms with Gasteiger partial charge < -0.3 is 9.13 Å². The molecule has 2 nitrogen and oxygen atoms in total. The molecule has 76 valence electrons. The van der Waals surface area contributed by atoms with Crippen LogP contribution in [0.5, 0.6) is 0 Å². The van der Waals surface area contributed by atoms with E-state index in [4.69, 9.17) is 0 Å². The molecule has 0 aliphatic rings. The summed E-state index contributed by atoms with van der Waals surface area (Å²) in [6, 6.07) is 6.20. The van der Waals surface area contributed by atoms with Crippen molar-refractivity contribution in [3.05, 3.63) is 48.0 Å². The molecular formula is C12H18N2. The molecule has 0 saturated carbocycles. The number of aromatic nitrogens is 2. The molecule has 2 aromatic rings. The Balaban J connectivity index is 0.000000140. The molecule has 0 aromatic carbocycles. The van der Waals surface area contributed by atoms with Gasteiger partial charge in [0.1, 0.15) is 0 Å². The fourth-order valence-electron chi connectivity index (χ4n) is 1.19. The van der Waals surface area contributed by atoms with E-state index in [1.807, 2.05) is 37.1 Å². The van der Waals surface area contributed by atoms with Gasteiger partial charge in [0.2, 0.25) is 0 Å². The van der Waals surface area contributed by atoms with Gasteiger partial charge >= 0.3 is 0 Å². The summed E-state index contributed by atoms with van der Waals surface area (Å²) in [4.78, 5) is 0. The zero-order valence-electron chi connectivity index (χ0n) is 9.36. The molecule has 2 aromatic heterocycles. The summed E-state index contributed by atoms with van der Waals surface area (Å²) in [5, 5.41) is 0. The molecule has 2 heterocycles. The van der Waals surface area contributed by atoms with Gasteiger partial charge in [0.25, 0.3) is 0 Å². The van der Waals surface area contributed by atoms with Crippen LogP contribution in [0.3, 0.4) is 0 Å². The number of aryl methyl sites for hydroxylation is 4. The summed E-state index contributed by atoms with van der Waals surface area (Å²) in [5.74, 6) is 0. The lowest BCUT2D eigenvalue weighted by Gasteiger charge is -1.89. The van der Waals surface area contributed by atoms with E-state index in [0.717, 1.165) is 0 Å². The van der Waals surface area contributed by atoms with Crippen molar-refractivity contribution in [2.45, 2.75) is 13.8 Å². The lowest BCUT2D eigenvalue weighted by molar-refractivity contribution is 0.882. The van der Waals surface area contributed by atoms with Gasteiger partial charge in [0.05, 0.1) is 0 Å². The van der Waals surface area contributed by atoms with Crippen molar-refractivity contribution < 1.29 is 0 Å². The van der Waals surface area contributed by atoms with Crippen molar-refractivity contribution in [1.82, 2.24) is 9.13 Å². The zero-order valence-corrected chi connectivity index (χ0v) is 9.36. The van der Waals surface area contributed by atoms with Gasteiger partial charge in [-0.15, -0.1) is 0 Å².